The summed E-state index contributed by atoms with van der Waals surface area (Å²) in [6.07, 6.45) is 0. The van der Waals surface area contributed by atoms with Gasteiger partial charge in [0.2, 0.25) is 0 Å². The molecule has 0 heterocycles. The van der Waals surface area contributed by atoms with Crippen LogP contribution in [0.5, 0.6) is 11.5 Å². The highest BCUT2D eigenvalue weighted by atomic mass is 16.5. The van der Waals surface area contributed by atoms with E-state index in [2.05, 4.69) is 5.32 Å². The smallest absolute Gasteiger partial charge is 0.337 e. The Bertz CT molecular complexity index is 671. The molecule has 0 saturated carbocycles. The SMILES string of the molecule is COc1ccc(OC)c(Nc2cc(N)ccc2C(=O)O)c1. The van der Waals surface area contributed by atoms with E-state index in [1.807, 2.05) is 0 Å². The number of rotatable bonds is 5. The van der Waals surface area contributed by atoms with Crippen molar-refractivity contribution in [2.24, 2.45) is 0 Å². The van der Waals surface area contributed by atoms with Gasteiger partial charge >= 0.3 is 5.97 Å². The molecule has 0 unspecified atom stereocenters. The number of ether oxygens (including phenoxy) is 2. The molecule has 6 heteroatoms. The monoisotopic (exact) mass is 288 g/mol. The lowest BCUT2D eigenvalue weighted by Gasteiger charge is -2.14. The third-order valence-electron chi connectivity index (χ3n) is 2.95. The van der Waals surface area contributed by atoms with Crippen LogP contribution in [0.4, 0.5) is 17.1 Å². The van der Waals surface area contributed by atoms with E-state index < -0.39 is 5.97 Å². The Morgan fingerprint density at radius 2 is 1.86 bits per heavy atom. The number of nitrogen functional groups attached to an aromatic ring is 1. The Morgan fingerprint density at radius 1 is 1.10 bits per heavy atom. The van der Waals surface area contributed by atoms with E-state index in [1.165, 1.54) is 19.2 Å². The van der Waals surface area contributed by atoms with Gasteiger partial charge in [0.25, 0.3) is 0 Å². The van der Waals surface area contributed by atoms with E-state index >= 15 is 0 Å². The van der Waals surface area contributed by atoms with Crippen LogP contribution in [0, 0.1) is 0 Å². The van der Waals surface area contributed by atoms with Crippen LogP contribution in [0.1, 0.15) is 10.4 Å². The van der Waals surface area contributed by atoms with Crippen LogP contribution >= 0.6 is 0 Å². The number of hydrogen-bond acceptors (Lipinski definition) is 5. The summed E-state index contributed by atoms with van der Waals surface area (Å²) in [5.74, 6) is 0.146. The summed E-state index contributed by atoms with van der Waals surface area (Å²) in [5, 5.41) is 12.2. The minimum Gasteiger partial charge on any atom is -0.497 e. The summed E-state index contributed by atoms with van der Waals surface area (Å²) in [6, 6.07) is 9.75. The molecule has 110 valence electrons. The third kappa shape index (κ3) is 3.17. The van der Waals surface area contributed by atoms with E-state index in [0.29, 0.717) is 28.6 Å². The molecule has 0 aliphatic carbocycles. The zero-order valence-corrected chi connectivity index (χ0v) is 11.7. The summed E-state index contributed by atoms with van der Waals surface area (Å²) in [4.78, 5) is 11.3. The normalized spacial score (nSPS) is 10.0. The van der Waals surface area contributed by atoms with Gasteiger partial charge in [-0.25, -0.2) is 4.79 Å². The number of hydrogen-bond donors (Lipinski definition) is 3. The van der Waals surface area contributed by atoms with Crippen molar-refractivity contribution in [3.8, 4) is 11.5 Å². The zero-order chi connectivity index (χ0) is 15.4. The molecule has 6 nitrogen and oxygen atoms in total. The van der Waals surface area contributed by atoms with Crippen LogP contribution in [-0.2, 0) is 0 Å². The van der Waals surface area contributed by atoms with Crippen LogP contribution in [0.25, 0.3) is 0 Å². The number of aromatic carboxylic acids is 1. The lowest BCUT2D eigenvalue weighted by atomic mass is 10.1. The lowest BCUT2D eigenvalue weighted by Crippen LogP contribution is -2.04. The van der Waals surface area contributed by atoms with Gasteiger partial charge in [0.1, 0.15) is 11.5 Å². The van der Waals surface area contributed by atoms with Crippen molar-refractivity contribution >= 4 is 23.0 Å². The zero-order valence-electron chi connectivity index (χ0n) is 11.7. The van der Waals surface area contributed by atoms with Gasteiger partial charge in [-0.05, 0) is 30.3 Å². The number of carbonyl (C=O) groups is 1. The number of benzene rings is 2. The maximum absolute atomic E-state index is 11.3. The molecule has 0 aliphatic heterocycles. The van der Waals surface area contributed by atoms with Crippen LogP contribution in [-0.4, -0.2) is 25.3 Å². The average molecular weight is 288 g/mol. The largest absolute Gasteiger partial charge is 0.497 e. The van der Waals surface area contributed by atoms with Crippen molar-refractivity contribution < 1.29 is 19.4 Å². The first-order chi connectivity index (χ1) is 10.0. The first-order valence-corrected chi connectivity index (χ1v) is 6.17. The molecule has 21 heavy (non-hydrogen) atoms. The standard InChI is InChI=1S/C15H16N2O4/c1-20-10-4-6-14(21-2)13(8-10)17-12-7-9(16)3-5-11(12)15(18)19/h3-8,17H,16H2,1-2H3,(H,18,19). The number of anilines is 3. The molecule has 0 fully saturated rings. The summed E-state index contributed by atoms with van der Waals surface area (Å²) >= 11 is 0. The highest BCUT2D eigenvalue weighted by Gasteiger charge is 2.13. The topological polar surface area (TPSA) is 93.8 Å². The fraction of sp³-hybridized carbons (Fsp3) is 0.133. The number of nitrogens with two attached hydrogens (primary N) is 1. The Labute approximate surface area is 122 Å². The van der Waals surface area contributed by atoms with Gasteiger partial charge in [-0.2, -0.15) is 0 Å². The Kier molecular flexibility index (Phi) is 4.18. The van der Waals surface area contributed by atoms with Crippen molar-refractivity contribution in [3.63, 3.8) is 0 Å². The fourth-order valence-electron chi connectivity index (χ4n) is 1.91. The Morgan fingerprint density at radius 3 is 2.48 bits per heavy atom. The quantitative estimate of drug-likeness (QED) is 0.732. The van der Waals surface area contributed by atoms with Crippen molar-refractivity contribution in [1.29, 1.82) is 0 Å². The minimum absolute atomic E-state index is 0.120. The van der Waals surface area contributed by atoms with Crippen LogP contribution in [0.15, 0.2) is 36.4 Å². The predicted octanol–water partition coefficient (Wildman–Crippen LogP) is 2.73. The molecular weight excluding hydrogens is 272 g/mol. The van der Waals surface area contributed by atoms with Gasteiger partial charge < -0.3 is 25.6 Å². The molecule has 0 spiro atoms. The highest BCUT2D eigenvalue weighted by Crippen LogP contribution is 2.33. The first kappa shape index (κ1) is 14.5. The molecule has 0 bridgehead atoms. The van der Waals surface area contributed by atoms with Crippen molar-refractivity contribution in [1.82, 2.24) is 0 Å². The Hall–Kier alpha value is -2.89. The van der Waals surface area contributed by atoms with E-state index in [4.69, 9.17) is 15.2 Å². The van der Waals surface area contributed by atoms with Crippen molar-refractivity contribution in [3.05, 3.63) is 42.0 Å². The summed E-state index contributed by atoms with van der Waals surface area (Å²) in [7, 11) is 3.08. The summed E-state index contributed by atoms with van der Waals surface area (Å²) < 4.78 is 10.4. The van der Waals surface area contributed by atoms with E-state index in [9.17, 15) is 9.90 Å². The maximum atomic E-state index is 11.3. The van der Waals surface area contributed by atoms with E-state index in [0.717, 1.165) is 0 Å². The molecule has 4 N–H and O–H groups in total. The Balaban J connectivity index is 2.46. The van der Waals surface area contributed by atoms with Crippen LogP contribution < -0.4 is 20.5 Å². The lowest BCUT2D eigenvalue weighted by molar-refractivity contribution is 0.0698. The summed E-state index contributed by atoms with van der Waals surface area (Å²) in [6.45, 7) is 0. The molecule has 2 rings (SSSR count). The van der Waals surface area contributed by atoms with Gasteiger partial charge in [0, 0.05) is 11.8 Å². The highest BCUT2D eigenvalue weighted by molar-refractivity contribution is 5.96. The van der Waals surface area contributed by atoms with Gasteiger partial charge in [-0.3, -0.25) is 0 Å². The fourth-order valence-corrected chi connectivity index (χ4v) is 1.91. The third-order valence-corrected chi connectivity index (χ3v) is 2.95. The minimum atomic E-state index is -1.04. The summed E-state index contributed by atoms with van der Waals surface area (Å²) in [5.41, 5.74) is 7.27. The second-order valence-corrected chi connectivity index (χ2v) is 4.30. The van der Waals surface area contributed by atoms with Gasteiger partial charge in [-0.15, -0.1) is 0 Å². The van der Waals surface area contributed by atoms with Crippen molar-refractivity contribution in [2.75, 3.05) is 25.3 Å². The van der Waals surface area contributed by atoms with Gasteiger partial charge in [0.15, 0.2) is 0 Å². The molecule has 0 atom stereocenters. The molecule has 0 amide bonds. The van der Waals surface area contributed by atoms with Gasteiger partial charge in [0.05, 0.1) is 31.2 Å². The predicted molar refractivity (Wildman–Crippen MR) is 80.6 cm³/mol. The second kappa shape index (κ2) is 6.04. The molecule has 0 radical (unpaired) electrons. The van der Waals surface area contributed by atoms with E-state index in [-0.39, 0.29) is 5.56 Å². The molecule has 0 aromatic heterocycles. The van der Waals surface area contributed by atoms with Crippen molar-refractivity contribution in [2.45, 2.75) is 0 Å². The first-order valence-electron chi connectivity index (χ1n) is 6.17. The second-order valence-electron chi connectivity index (χ2n) is 4.30. The van der Waals surface area contributed by atoms with E-state index in [1.54, 1.807) is 31.4 Å². The number of nitrogens with one attached hydrogen (secondary N) is 1. The van der Waals surface area contributed by atoms with Crippen LogP contribution in [0.3, 0.4) is 0 Å². The van der Waals surface area contributed by atoms with Gasteiger partial charge in [-0.1, -0.05) is 0 Å². The number of carboxylic acids is 1. The molecular formula is C15H16N2O4. The number of methoxy groups -OCH3 is 2. The molecule has 2 aromatic carbocycles. The molecule has 0 aliphatic rings. The molecule has 0 saturated heterocycles. The maximum Gasteiger partial charge on any atom is 0.337 e. The average Bonchev–Trinajstić information content (AvgIpc) is 2.47. The van der Waals surface area contributed by atoms with Crippen LogP contribution in [0.2, 0.25) is 0 Å². The molecule has 2 aromatic rings. The number of carboxylic acid groups (broad SMARTS) is 1.